The Morgan fingerprint density at radius 1 is 1.10 bits per heavy atom. The number of benzene rings is 1. The van der Waals surface area contributed by atoms with Crippen LogP contribution in [0.15, 0.2) is 24.3 Å². The molecular formula is C17H24N2OS. The maximum absolute atomic E-state index is 11.9. The molecule has 0 saturated carbocycles. The van der Waals surface area contributed by atoms with E-state index in [1.165, 1.54) is 43.4 Å². The molecule has 0 atom stereocenters. The maximum atomic E-state index is 11.9. The van der Waals surface area contributed by atoms with Crippen molar-refractivity contribution >= 4 is 32.6 Å². The highest BCUT2D eigenvalue weighted by atomic mass is 32.1. The van der Waals surface area contributed by atoms with Crippen molar-refractivity contribution in [3.8, 4) is 0 Å². The molecule has 4 heteroatoms. The lowest BCUT2D eigenvalue weighted by molar-refractivity contribution is -0.116. The van der Waals surface area contributed by atoms with Crippen molar-refractivity contribution in [1.29, 1.82) is 0 Å². The van der Waals surface area contributed by atoms with Crippen LogP contribution in [0.4, 0.5) is 5.13 Å². The molecule has 1 N–H and O–H groups in total. The van der Waals surface area contributed by atoms with E-state index in [1.807, 2.05) is 24.3 Å². The second kappa shape index (κ2) is 8.78. The molecule has 2 rings (SSSR count). The Morgan fingerprint density at radius 3 is 2.57 bits per heavy atom. The highest BCUT2D eigenvalue weighted by Crippen LogP contribution is 2.25. The third-order valence-electron chi connectivity index (χ3n) is 3.55. The number of unbranched alkanes of at least 4 members (excludes halogenated alkanes) is 6. The van der Waals surface area contributed by atoms with Gasteiger partial charge in [0.1, 0.15) is 0 Å². The molecule has 1 aromatic carbocycles. The first-order valence-electron chi connectivity index (χ1n) is 7.95. The first-order valence-corrected chi connectivity index (χ1v) is 8.76. The van der Waals surface area contributed by atoms with Gasteiger partial charge in [0.05, 0.1) is 10.2 Å². The van der Waals surface area contributed by atoms with Crippen LogP contribution in [0.1, 0.15) is 58.3 Å². The first-order chi connectivity index (χ1) is 10.3. The Labute approximate surface area is 130 Å². The van der Waals surface area contributed by atoms with Crippen LogP contribution in [-0.2, 0) is 4.79 Å². The van der Waals surface area contributed by atoms with Gasteiger partial charge in [0.15, 0.2) is 5.13 Å². The number of hydrogen-bond donors (Lipinski definition) is 1. The molecule has 21 heavy (non-hydrogen) atoms. The lowest BCUT2D eigenvalue weighted by atomic mass is 10.1. The number of para-hydroxylation sites is 1. The molecule has 0 fully saturated rings. The molecule has 114 valence electrons. The number of carbonyl (C=O) groups excluding carboxylic acids is 1. The second-order valence-electron chi connectivity index (χ2n) is 5.41. The van der Waals surface area contributed by atoms with Crippen LogP contribution in [0, 0.1) is 0 Å². The Bertz CT molecular complexity index is 532. The van der Waals surface area contributed by atoms with E-state index >= 15 is 0 Å². The Morgan fingerprint density at radius 2 is 1.81 bits per heavy atom. The molecule has 0 aliphatic carbocycles. The van der Waals surface area contributed by atoms with Crippen molar-refractivity contribution in [3.05, 3.63) is 24.3 Å². The summed E-state index contributed by atoms with van der Waals surface area (Å²) in [5.41, 5.74) is 0.953. The maximum Gasteiger partial charge on any atom is 0.226 e. The summed E-state index contributed by atoms with van der Waals surface area (Å²) in [6.07, 6.45) is 9.21. The molecule has 0 saturated heterocycles. The molecule has 3 nitrogen and oxygen atoms in total. The van der Waals surface area contributed by atoms with Gasteiger partial charge >= 0.3 is 0 Å². The van der Waals surface area contributed by atoms with E-state index in [9.17, 15) is 4.79 Å². The normalized spacial score (nSPS) is 10.9. The van der Waals surface area contributed by atoms with Gasteiger partial charge < -0.3 is 5.32 Å². The number of amides is 1. The summed E-state index contributed by atoms with van der Waals surface area (Å²) in [5.74, 6) is 0.0858. The number of aromatic nitrogens is 1. The second-order valence-corrected chi connectivity index (χ2v) is 6.44. The number of anilines is 1. The van der Waals surface area contributed by atoms with Crippen molar-refractivity contribution in [2.75, 3.05) is 5.32 Å². The van der Waals surface area contributed by atoms with Crippen molar-refractivity contribution in [2.24, 2.45) is 0 Å². The largest absolute Gasteiger partial charge is 0.302 e. The summed E-state index contributed by atoms with van der Waals surface area (Å²) in [4.78, 5) is 16.3. The predicted octanol–water partition coefficient (Wildman–Crippen LogP) is 5.38. The smallest absolute Gasteiger partial charge is 0.226 e. The SMILES string of the molecule is CCCCCCCCCC(=O)Nc1nc2ccccc2s1. The molecule has 2 aromatic rings. The molecule has 0 radical (unpaired) electrons. The molecule has 1 aromatic heterocycles. The van der Waals surface area contributed by atoms with Gasteiger partial charge in [-0.05, 0) is 18.6 Å². The zero-order chi connectivity index (χ0) is 14.9. The summed E-state index contributed by atoms with van der Waals surface area (Å²) in [7, 11) is 0. The average Bonchev–Trinajstić information content (AvgIpc) is 2.88. The highest BCUT2D eigenvalue weighted by Gasteiger charge is 2.07. The van der Waals surface area contributed by atoms with Crippen LogP contribution in [0.5, 0.6) is 0 Å². The molecule has 0 aliphatic heterocycles. The van der Waals surface area contributed by atoms with Crippen LogP contribution in [-0.4, -0.2) is 10.9 Å². The van der Waals surface area contributed by atoms with Gasteiger partial charge in [-0.1, -0.05) is 68.9 Å². The fourth-order valence-electron chi connectivity index (χ4n) is 2.35. The third kappa shape index (κ3) is 5.46. The molecular weight excluding hydrogens is 280 g/mol. The van der Waals surface area contributed by atoms with E-state index in [-0.39, 0.29) is 5.91 Å². The van der Waals surface area contributed by atoms with Crippen molar-refractivity contribution in [1.82, 2.24) is 4.98 Å². The number of hydrogen-bond acceptors (Lipinski definition) is 3. The van der Waals surface area contributed by atoms with Crippen LogP contribution < -0.4 is 5.32 Å². The Balaban J connectivity index is 1.65. The number of nitrogens with zero attached hydrogens (tertiary/aromatic N) is 1. The van der Waals surface area contributed by atoms with E-state index in [1.54, 1.807) is 0 Å². The minimum Gasteiger partial charge on any atom is -0.302 e. The van der Waals surface area contributed by atoms with Crippen LogP contribution in [0.3, 0.4) is 0 Å². The topological polar surface area (TPSA) is 42.0 Å². The fraction of sp³-hybridized carbons (Fsp3) is 0.529. The van der Waals surface area contributed by atoms with Gasteiger partial charge in [-0.15, -0.1) is 0 Å². The number of carbonyl (C=O) groups is 1. The molecule has 0 unspecified atom stereocenters. The summed E-state index contributed by atoms with van der Waals surface area (Å²) < 4.78 is 1.11. The number of fused-ring (bicyclic) bond motifs is 1. The van der Waals surface area contributed by atoms with E-state index < -0.39 is 0 Å². The lowest BCUT2D eigenvalue weighted by Gasteiger charge is -2.02. The average molecular weight is 304 g/mol. The van der Waals surface area contributed by atoms with Crippen LogP contribution in [0.25, 0.3) is 10.2 Å². The van der Waals surface area contributed by atoms with Crippen LogP contribution >= 0.6 is 11.3 Å². The van der Waals surface area contributed by atoms with Gasteiger partial charge in [0, 0.05) is 6.42 Å². The first kappa shape index (κ1) is 16.0. The third-order valence-corrected chi connectivity index (χ3v) is 4.50. The predicted molar refractivity (Wildman–Crippen MR) is 90.9 cm³/mol. The summed E-state index contributed by atoms with van der Waals surface area (Å²) >= 11 is 1.54. The van der Waals surface area contributed by atoms with Crippen molar-refractivity contribution in [2.45, 2.75) is 58.3 Å². The Hall–Kier alpha value is -1.42. The van der Waals surface area contributed by atoms with E-state index in [2.05, 4.69) is 17.2 Å². The van der Waals surface area contributed by atoms with Crippen molar-refractivity contribution < 1.29 is 4.79 Å². The zero-order valence-corrected chi connectivity index (χ0v) is 13.5. The molecule has 1 heterocycles. The number of nitrogens with one attached hydrogen (secondary N) is 1. The minimum atomic E-state index is 0.0858. The summed E-state index contributed by atoms with van der Waals surface area (Å²) in [5, 5.41) is 3.62. The monoisotopic (exact) mass is 304 g/mol. The zero-order valence-electron chi connectivity index (χ0n) is 12.7. The molecule has 1 amide bonds. The molecule has 0 spiro atoms. The van der Waals surface area contributed by atoms with E-state index in [0.717, 1.165) is 23.1 Å². The fourth-order valence-corrected chi connectivity index (χ4v) is 3.23. The standard InChI is InChI=1S/C17H24N2OS/c1-2-3-4-5-6-7-8-13-16(20)19-17-18-14-11-9-10-12-15(14)21-17/h9-12H,2-8,13H2,1H3,(H,18,19,20). The molecule has 0 bridgehead atoms. The van der Waals surface area contributed by atoms with Gasteiger partial charge in [0.2, 0.25) is 5.91 Å². The van der Waals surface area contributed by atoms with Gasteiger partial charge in [0.25, 0.3) is 0 Å². The van der Waals surface area contributed by atoms with Gasteiger partial charge in [-0.25, -0.2) is 4.98 Å². The minimum absolute atomic E-state index is 0.0858. The highest BCUT2D eigenvalue weighted by molar-refractivity contribution is 7.22. The number of rotatable bonds is 9. The number of thiazole rings is 1. The molecule has 0 aliphatic rings. The van der Waals surface area contributed by atoms with Gasteiger partial charge in [-0.3, -0.25) is 4.79 Å². The lowest BCUT2D eigenvalue weighted by Crippen LogP contribution is -2.10. The van der Waals surface area contributed by atoms with Crippen LogP contribution in [0.2, 0.25) is 0 Å². The quantitative estimate of drug-likeness (QED) is 0.632. The summed E-state index contributed by atoms with van der Waals surface area (Å²) in [6.45, 7) is 2.23. The summed E-state index contributed by atoms with van der Waals surface area (Å²) in [6, 6.07) is 7.95. The Kier molecular flexibility index (Phi) is 6.67. The van der Waals surface area contributed by atoms with Crippen molar-refractivity contribution in [3.63, 3.8) is 0 Å². The van der Waals surface area contributed by atoms with Gasteiger partial charge in [-0.2, -0.15) is 0 Å². The van der Waals surface area contributed by atoms with E-state index in [4.69, 9.17) is 0 Å². The van der Waals surface area contributed by atoms with E-state index in [0.29, 0.717) is 11.6 Å².